The van der Waals surface area contributed by atoms with Crippen LogP contribution in [0.4, 0.5) is 11.4 Å². The first-order valence-corrected chi connectivity index (χ1v) is 27.0. The Morgan fingerprint density at radius 1 is 0.735 bits per heavy atom. The van der Waals surface area contributed by atoms with Crippen LogP contribution in [0.3, 0.4) is 0 Å². The summed E-state index contributed by atoms with van der Waals surface area (Å²) >= 11 is 0. The molecule has 0 N–H and O–H groups in total. The van der Waals surface area contributed by atoms with E-state index in [4.69, 9.17) is 14.3 Å². The normalized spacial score (nSPS) is 20.8. The summed E-state index contributed by atoms with van der Waals surface area (Å²) in [5, 5.41) is 0.416. The van der Waals surface area contributed by atoms with Gasteiger partial charge in [0.05, 0.1) is 55.1 Å². The van der Waals surface area contributed by atoms with Crippen LogP contribution in [0.15, 0.2) is 94.4 Å². The first-order chi connectivity index (χ1) is 31.7. The summed E-state index contributed by atoms with van der Waals surface area (Å²) in [6.07, 6.45) is 11.0. The van der Waals surface area contributed by atoms with Crippen molar-refractivity contribution in [2.75, 3.05) is 56.4 Å². The Morgan fingerprint density at radius 2 is 1.29 bits per heavy atom. The highest BCUT2D eigenvalue weighted by Gasteiger charge is 2.48. The largest absolute Gasteiger partial charge is 0.748 e. The van der Waals surface area contributed by atoms with Gasteiger partial charge in [-0.1, -0.05) is 30.4 Å². The Balaban J connectivity index is 1.45. The van der Waals surface area contributed by atoms with Gasteiger partial charge in [-0.15, -0.1) is 5.06 Å². The van der Waals surface area contributed by atoms with Gasteiger partial charge in [0.15, 0.2) is 12.3 Å². The molecule has 68 heavy (non-hydrogen) atoms. The van der Waals surface area contributed by atoms with Crippen molar-refractivity contribution >= 4 is 75.3 Å². The number of methoxy groups -OCH3 is 1. The van der Waals surface area contributed by atoms with Gasteiger partial charge in [-0.25, -0.2) is 38.5 Å². The first-order valence-electron chi connectivity index (χ1n) is 21.1. The number of benzene rings is 2. The Labute approximate surface area is 395 Å². The lowest BCUT2D eigenvalue weighted by Crippen LogP contribution is -2.33. The SMILES string of the molecule is COCCN1C(=CC=CC=CC=CC2=[N+](CCOCCC(=O)ON3C(=O)CCC3=O)c3ccc(S(=O)(=O)[O-])cc3C2(C)CCCS(=O)(=O)[O-])C(C)(CCCS(=O)(=O)[O-])c2cc(S(=O)(=O)[O-])ccc21. The minimum absolute atomic E-state index is 0.0154. The molecule has 25 heteroatoms. The lowest BCUT2D eigenvalue weighted by atomic mass is 9.76. The third-order valence-corrected chi connectivity index (χ3v) is 15.0. The van der Waals surface area contributed by atoms with Gasteiger partial charge in [-0.3, -0.25) is 9.59 Å². The fourth-order valence-electron chi connectivity index (χ4n) is 8.47. The number of imide groups is 1. The molecule has 2 unspecified atom stereocenters. The zero-order valence-corrected chi connectivity index (χ0v) is 40.5. The van der Waals surface area contributed by atoms with Crippen LogP contribution in [0, 0.1) is 0 Å². The summed E-state index contributed by atoms with van der Waals surface area (Å²) in [7, 11) is -17.6. The van der Waals surface area contributed by atoms with Crippen molar-refractivity contribution in [1.29, 1.82) is 0 Å². The van der Waals surface area contributed by atoms with E-state index in [0.717, 1.165) is 6.07 Å². The third kappa shape index (κ3) is 13.4. The molecule has 3 aliphatic heterocycles. The van der Waals surface area contributed by atoms with E-state index in [0.29, 0.717) is 39.0 Å². The van der Waals surface area contributed by atoms with Crippen molar-refractivity contribution in [2.45, 2.75) is 79.4 Å². The molecular weight excluding hydrogens is 975 g/mol. The topological polar surface area (TPSA) is 317 Å². The molecule has 0 bridgehead atoms. The summed E-state index contributed by atoms with van der Waals surface area (Å²) < 4.78 is 155. The molecule has 0 spiro atoms. The first kappa shape index (κ1) is 54.0. The number of fused-ring (bicyclic) bond motifs is 2. The van der Waals surface area contributed by atoms with Crippen LogP contribution in [0.2, 0.25) is 0 Å². The van der Waals surface area contributed by atoms with E-state index in [1.54, 1.807) is 61.0 Å². The number of allylic oxidation sites excluding steroid dienone is 8. The van der Waals surface area contributed by atoms with Crippen molar-refractivity contribution in [1.82, 2.24) is 5.06 Å². The van der Waals surface area contributed by atoms with Gasteiger partial charge in [0.1, 0.15) is 26.8 Å². The highest BCUT2D eigenvalue weighted by molar-refractivity contribution is 7.86. The molecule has 0 aliphatic carbocycles. The summed E-state index contributed by atoms with van der Waals surface area (Å²) in [6.45, 7) is 3.80. The molecule has 3 heterocycles. The maximum absolute atomic E-state index is 12.3. The Morgan fingerprint density at radius 3 is 1.88 bits per heavy atom. The van der Waals surface area contributed by atoms with Crippen LogP contribution < -0.4 is 4.90 Å². The van der Waals surface area contributed by atoms with Crippen LogP contribution >= 0.6 is 0 Å². The van der Waals surface area contributed by atoms with Gasteiger partial charge < -0.3 is 37.4 Å². The van der Waals surface area contributed by atoms with E-state index in [-0.39, 0.29) is 77.9 Å². The predicted molar refractivity (Wildman–Crippen MR) is 238 cm³/mol. The fourth-order valence-corrected chi connectivity index (χ4v) is 10.5. The van der Waals surface area contributed by atoms with Crippen molar-refractivity contribution < 1.29 is 85.2 Å². The molecule has 0 aromatic heterocycles. The van der Waals surface area contributed by atoms with Crippen LogP contribution in [0.1, 0.15) is 69.9 Å². The van der Waals surface area contributed by atoms with Crippen LogP contribution in [0.25, 0.3) is 0 Å². The lowest BCUT2D eigenvalue weighted by molar-refractivity contribution is -0.442. The average Bonchev–Trinajstić information content (AvgIpc) is 3.76. The van der Waals surface area contributed by atoms with Crippen molar-refractivity contribution in [3.63, 3.8) is 0 Å². The number of carbonyl (C=O) groups excluding carboxylic acids is 3. The molecular formula is C43H50N3O18S4-3. The summed E-state index contributed by atoms with van der Waals surface area (Å²) in [5.41, 5.74) is 0.627. The molecule has 1 fully saturated rings. The van der Waals surface area contributed by atoms with Crippen molar-refractivity contribution in [3.05, 3.63) is 95.8 Å². The number of hydrogen-bond acceptors (Lipinski definition) is 19. The van der Waals surface area contributed by atoms with E-state index in [1.165, 1.54) is 37.4 Å². The molecule has 1 saturated heterocycles. The molecule has 3 aliphatic rings. The second-order valence-electron chi connectivity index (χ2n) is 16.4. The number of ether oxygens (including phenoxy) is 2. The molecule has 2 amide bonds. The molecule has 0 radical (unpaired) electrons. The Kier molecular flexibility index (Phi) is 17.3. The molecule has 21 nitrogen and oxygen atoms in total. The average molecular weight is 1030 g/mol. The second-order valence-corrected chi connectivity index (χ2v) is 22.2. The Hall–Kier alpha value is -4.96. The monoisotopic (exact) mass is 1020 g/mol. The highest BCUT2D eigenvalue weighted by atomic mass is 32.2. The highest BCUT2D eigenvalue weighted by Crippen LogP contribution is 2.51. The number of amides is 2. The van der Waals surface area contributed by atoms with Crippen LogP contribution in [0.5, 0.6) is 0 Å². The second kappa shape index (κ2) is 21.8. The molecule has 0 saturated carbocycles. The van der Waals surface area contributed by atoms with Crippen molar-refractivity contribution in [2.24, 2.45) is 0 Å². The van der Waals surface area contributed by atoms with Crippen LogP contribution in [-0.2, 0) is 80.0 Å². The molecule has 2 aromatic carbocycles. The smallest absolute Gasteiger partial charge is 0.335 e. The summed E-state index contributed by atoms with van der Waals surface area (Å²) in [4.78, 5) is 41.6. The van der Waals surface area contributed by atoms with Gasteiger partial charge in [0, 0.05) is 72.5 Å². The standard InChI is InChI=1S/C43H53N3O18S4/c1-42(20-9-27-65(50,51)52)33-29-31(67(56,57)58)13-15-35(33)44(22-25-62-3)37(42)11-7-5-4-6-8-12-38-43(2,21-10-28-66(53,54)55)34-30-32(68(59,60)61)14-16-36(34)45(38)23-26-63-24-19-41(49)64-46-39(47)17-18-40(46)48/h4-8,11-16,29-30H,9-10,17-28H2,1-3H3,(H3-,50,51,52,53,54,55,56,57,58,59,60,61)/p-3. The predicted octanol–water partition coefficient (Wildman–Crippen LogP) is 2.49. The lowest BCUT2D eigenvalue weighted by Gasteiger charge is -2.30. The van der Waals surface area contributed by atoms with E-state index >= 15 is 0 Å². The minimum Gasteiger partial charge on any atom is -0.748 e. The van der Waals surface area contributed by atoms with E-state index in [1.807, 2.05) is 4.90 Å². The van der Waals surface area contributed by atoms with Gasteiger partial charge in [-0.05, 0) is 81.5 Å². The fraction of sp³-hybridized carbons (Fsp3) is 0.442. The van der Waals surface area contributed by atoms with E-state index in [9.17, 15) is 66.3 Å². The minimum atomic E-state index is -4.95. The van der Waals surface area contributed by atoms with Gasteiger partial charge in [0.25, 0.3) is 11.8 Å². The van der Waals surface area contributed by atoms with E-state index < -0.39 is 90.4 Å². The third-order valence-electron chi connectivity index (χ3n) is 11.7. The zero-order chi connectivity index (χ0) is 50.3. The summed E-state index contributed by atoms with van der Waals surface area (Å²) in [5.74, 6) is -3.58. The molecule has 372 valence electrons. The van der Waals surface area contributed by atoms with Crippen LogP contribution in [-0.4, -0.2) is 137 Å². The number of anilines is 1. The number of rotatable bonds is 24. The number of hydroxylamine groups is 2. The maximum Gasteiger partial charge on any atom is 0.335 e. The molecule has 2 atom stereocenters. The molecule has 2 aromatic rings. The van der Waals surface area contributed by atoms with Gasteiger partial charge in [-0.2, -0.15) is 4.58 Å². The van der Waals surface area contributed by atoms with E-state index in [2.05, 4.69) is 0 Å². The summed E-state index contributed by atoms with van der Waals surface area (Å²) in [6, 6.07) is 7.66. The quantitative estimate of drug-likeness (QED) is 0.0479. The maximum atomic E-state index is 12.3. The molecule has 5 rings (SSSR count). The number of hydrogen-bond donors (Lipinski definition) is 0. The Bertz CT molecular complexity index is 2890. The van der Waals surface area contributed by atoms with Crippen molar-refractivity contribution in [3.8, 4) is 0 Å². The zero-order valence-electron chi connectivity index (χ0n) is 37.2. The van der Waals surface area contributed by atoms with Gasteiger partial charge in [0.2, 0.25) is 5.69 Å². The number of nitrogens with zero attached hydrogens (tertiary/aromatic N) is 3. The van der Waals surface area contributed by atoms with Gasteiger partial charge >= 0.3 is 5.97 Å². The number of carbonyl (C=O) groups is 3.